The highest BCUT2D eigenvalue weighted by molar-refractivity contribution is 7.88. The normalized spacial score (nSPS) is 16.7. The summed E-state index contributed by atoms with van der Waals surface area (Å²) in [4.78, 5) is 0. The Hall–Kier alpha value is -15.7. The lowest BCUT2D eigenvalue weighted by Gasteiger charge is -2.17. The van der Waals surface area contributed by atoms with Crippen molar-refractivity contribution in [3.63, 3.8) is 0 Å². The molecule has 668 valence electrons. The van der Waals surface area contributed by atoms with Crippen LogP contribution in [0.5, 0.6) is 0 Å². The van der Waals surface area contributed by atoms with Crippen LogP contribution in [0.15, 0.2) is 478 Å². The zero-order valence-electron chi connectivity index (χ0n) is 76.0. The first-order chi connectivity index (χ1) is 70.0. The number of hydrogen-bond donors (Lipinski definition) is 0. The van der Waals surface area contributed by atoms with Gasteiger partial charge in [0.1, 0.15) is 11.2 Å². The summed E-state index contributed by atoms with van der Waals surface area (Å²) in [6.45, 7) is 0. The molecular formula is C128H78N2O5P4S3. The predicted octanol–water partition coefficient (Wildman–Crippen LogP) is 30.7. The van der Waals surface area contributed by atoms with E-state index in [9.17, 15) is 0 Å². The summed E-state index contributed by atoms with van der Waals surface area (Å²) in [5, 5.41) is 29.7. The average molecular weight is 1940 g/mol. The molecule has 32 rings (SSSR count). The number of benzene rings is 22. The van der Waals surface area contributed by atoms with E-state index in [0.29, 0.717) is 0 Å². The maximum Gasteiger partial charge on any atom is 0.173 e. The number of furan rings is 1. The number of para-hydroxylation sites is 3. The largest absolute Gasteiger partial charge is 0.456 e. The third-order valence-corrected chi connectivity index (χ3v) is 45.9. The second-order valence-corrected chi connectivity index (χ2v) is 50.8. The molecule has 14 heteroatoms. The fourth-order valence-electron chi connectivity index (χ4n) is 23.9. The summed E-state index contributed by atoms with van der Waals surface area (Å²) in [6.07, 6.45) is 0. The first-order valence-corrected chi connectivity index (χ1v) is 57.0. The van der Waals surface area contributed by atoms with Crippen molar-refractivity contribution >= 4 is 274 Å². The van der Waals surface area contributed by atoms with Gasteiger partial charge in [0, 0.05) is 163 Å². The molecule has 4 aliphatic heterocycles. The molecule has 28 aromatic rings. The van der Waals surface area contributed by atoms with Gasteiger partial charge in [0.2, 0.25) is 0 Å². The Morgan fingerprint density at radius 1 is 0.190 bits per heavy atom. The van der Waals surface area contributed by atoms with Crippen molar-refractivity contribution in [2.45, 2.75) is 0 Å². The fourth-order valence-corrected chi connectivity index (χ4v) is 40.5. The topological polar surface area (TPSA) is 91.3 Å². The maximum absolute atomic E-state index is 15.6. The van der Waals surface area contributed by atoms with Gasteiger partial charge in [0.15, 0.2) is 28.6 Å². The molecule has 0 radical (unpaired) electrons. The predicted molar refractivity (Wildman–Crippen MR) is 609 cm³/mol. The molecule has 4 aliphatic rings. The van der Waals surface area contributed by atoms with Crippen molar-refractivity contribution < 1.29 is 22.7 Å². The number of aromatic nitrogens is 2. The van der Waals surface area contributed by atoms with Crippen LogP contribution in [0.25, 0.3) is 203 Å². The second kappa shape index (κ2) is 31.9. The van der Waals surface area contributed by atoms with Crippen molar-refractivity contribution in [1.29, 1.82) is 0 Å². The maximum atomic E-state index is 15.6. The van der Waals surface area contributed by atoms with E-state index in [1.54, 1.807) is 11.3 Å². The van der Waals surface area contributed by atoms with Crippen LogP contribution in [0.1, 0.15) is 0 Å². The van der Waals surface area contributed by atoms with E-state index in [1.165, 1.54) is 65.9 Å². The van der Waals surface area contributed by atoms with Crippen molar-refractivity contribution in [3.8, 4) is 55.9 Å². The summed E-state index contributed by atoms with van der Waals surface area (Å²) in [5.74, 6) is 0. The van der Waals surface area contributed by atoms with Gasteiger partial charge in [0.25, 0.3) is 0 Å². The van der Waals surface area contributed by atoms with Gasteiger partial charge >= 0.3 is 0 Å². The minimum Gasteiger partial charge on any atom is -0.456 e. The van der Waals surface area contributed by atoms with Gasteiger partial charge in [-0.2, -0.15) is 0 Å². The Morgan fingerprint density at radius 2 is 0.549 bits per heavy atom. The fraction of sp³-hybridized carbons (Fsp3) is 0. The zero-order chi connectivity index (χ0) is 94.0. The highest BCUT2D eigenvalue weighted by Crippen LogP contribution is 2.62. The van der Waals surface area contributed by atoms with Crippen molar-refractivity contribution in [2.24, 2.45) is 0 Å². The highest BCUT2D eigenvalue weighted by Gasteiger charge is 2.48. The molecule has 0 saturated heterocycles. The quantitative estimate of drug-likeness (QED) is 0.155. The van der Waals surface area contributed by atoms with Crippen LogP contribution in [0.2, 0.25) is 0 Å². The van der Waals surface area contributed by atoms with Crippen LogP contribution in [0.4, 0.5) is 0 Å². The average Bonchev–Trinajstić information content (AvgIpc) is 1.81. The monoisotopic (exact) mass is 1940 g/mol. The molecule has 7 nitrogen and oxygen atoms in total. The Kier molecular flexibility index (Phi) is 18.7. The Morgan fingerprint density at radius 3 is 1.08 bits per heavy atom. The van der Waals surface area contributed by atoms with Gasteiger partial charge in [-0.3, -0.25) is 0 Å². The van der Waals surface area contributed by atoms with Gasteiger partial charge in [-0.15, -0.1) is 34.0 Å². The standard InChI is InChI=1S/2C36H22NOPS.C28H17O2P.C28H17OPS/c38-39(23-11-2-1-3-12-23)32-19-8-5-13-24(32)26-21-22-30-34(35(26)39)28-15-4-7-17-29(28)37(30)31-18-10-16-27-25-14-6-9-20-33(25)40-36(27)31;38-39(23-11-2-1-3-12-23)31-18-8-5-13-24(31)25-21-22-30-35(36(25)39)26-14-4-7-16-28(26)37(30)29-17-10-20-33-34(29)27-15-6-9-19-32(27)40-33;29-31(19-9-2-1-3-10-19)25-17-14-18-8-4-5-11-20(18)26(25)22-15-16-24-27(28(22)31)21-12-6-7-13-23(21)30-24;29-30(19-9-2-1-3-10-19)23-16-14-18-8-4-5-11-20(18)26(23)22-15-17-25-27(28(22)30)21-12-6-7-13-24(21)31-25/h2*1-22H;2*1-17H. The number of hydrogen-bond acceptors (Lipinski definition) is 8. The lowest BCUT2D eigenvalue weighted by atomic mass is 9.97. The smallest absolute Gasteiger partial charge is 0.173 e. The van der Waals surface area contributed by atoms with E-state index in [1.807, 2.05) is 186 Å². The van der Waals surface area contributed by atoms with Gasteiger partial charge in [-0.05, 0) is 152 Å². The first kappa shape index (κ1) is 83.3. The summed E-state index contributed by atoms with van der Waals surface area (Å²) in [5.41, 5.74) is 17.1. The lowest BCUT2D eigenvalue weighted by molar-refractivity contribution is 0.592. The van der Waals surface area contributed by atoms with Gasteiger partial charge < -0.3 is 31.8 Å². The van der Waals surface area contributed by atoms with E-state index < -0.39 is 28.6 Å². The van der Waals surface area contributed by atoms with Crippen LogP contribution in [-0.4, -0.2) is 9.13 Å². The Labute approximate surface area is 827 Å². The number of rotatable bonds is 6. The summed E-state index contributed by atoms with van der Waals surface area (Å²) < 4.78 is 80.2. The number of thiophene rings is 3. The molecule has 0 N–H and O–H groups in total. The molecule has 0 fully saturated rings. The van der Waals surface area contributed by atoms with E-state index in [0.717, 1.165) is 201 Å². The highest BCUT2D eigenvalue weighted by atomic mass is 32.1. The summed E-state index contributed by atoms with van der Waals surface area (Å²) in [7, 11) is -12.3. The van der Waals surface area contributed by atoms with Crippen LogP contribution >= 0.6 is 62.6 Å². The molecule has 0 spiro atoms. The number of fused-ring (bicyclic) bond motifs is 38. The molecule has 4 unspecified atom stereocenters. The molecule has 4 atom stereocenters. The molecule has 0 bridgehead atoms. The molecule has 6 aromatic heterocycles. The first-order valence-electron chi connectivity index (χ1n) is 47.8. The zero-order valence-corrected chi connectivity index (χ0v) is 82.0. The molecule has 0 aliphatic carbocycles. The Balaban J connectivity index is 0.0000000911. The van der Waals surface area contributed by atoms with Crippen LogP contribution in [0, 0.1) is 0 Å². The van der Waals surface area contributed by atoms with Crippen LogP contribution in [-0.2, 0) is 18.3 Å². The minimum absolute atomic E-state index is 0.785. The van der Waals surface area contributed by atoms with E-state index >= 15 is 18.3 Å². The molecule has 10 heterocycles. The van der Waals surface area contributed by atoms with Gasteiger partial charge in [-0.1, -0.05) is 376 Å². The van der Waals surface area contributed by atoms with E-state index in [-0.39, 0.29) is 0 Å². The van der Waals surface area contributed by atoms with E-state index in [4.69, 9.17) is 4.42 Å². The molecular weight excluding hydrogens is 1870 g/mol. The van der Waals surface area contributed by atoms with Crippen LogP contribution in [0.3, 0.4) is 0 Å². The second-order valence-electron chi connectivity index (χ2n) is 37.0. The van der Waals surface area contributed by atoms with Gasteiger partial charge in [0.05, 0.1) is 38.1 Å². The molecule has 142 heavy (non-hydrogen) atoms. The van der Waals surface area contributed by atoms with Gasteiger partial charge in [-0.25, -0.2) is 0 Å². The molecule has 22 aromatic carbocycles. The lowest BCUT2D eigenvalue weighted by Crippen LogP contribution is -2.21. The molecule has 0 saturated carbocycles. The number of nitrogens with zero attached hydrogens (tertiary/aromatic N) is 2. The summed E-state index contributed by atoms with van der Waals surface area (Å²) >= 11 is 5.46. The Bertz CT molecular complexity index is 10300. The molecule has 0 amide bonds. The van der Waals surface area contributed by atoms with Crippen molar-refractivity contribution in [2.75, 3.05) is 0 Å². The minimum atomic E-state index is -3.12. The SMILES string of the molecule is O=P1(c2ccccc2)c2ccc3ccccc3c2-c2ccc3oc4ccccc4c3c21.O=P1(c2ccccc2)c2ccc3ccccc3c2-c2ccc3sc4ccccc4c3c21.O=P1(c2ccccc2)c2ccccc2-c2ccc3c(c21)c1ccccc1n3-c1cccc2c1sc1ccccc12.O=P1(c2ccccc2)c2ccccc2-c2ccc3c(c21)c1ccccc1n3-c1cccc2sc3ccccc3c12. The summed E-state index contributed by atoms with van der Waals surface area (Å²) in [6, 6.07) is 163. The van der Waals surface area contributed by atoms with Crippen molar-refractivity contribution in [3.05, 3.63) is 473 Å². The van der Waals surface area contributed by atoms with E-state index in [2.05, 4.69) is 319 Å². The third kappa shape index (κ3) is 11.8. The van der Waals surface area contributed by atoms with Crippen LogP contribution < -0.4 is 63.7 Å². The van der Waals surface area contributed by atoms with Crippen molar-refractivity contribution in [1.82, 2.24) is 9.13 Å². The third-order valence-electron chi connectivity index (χ3n) is 29.7.